The van der Waals surface area contributed by atoms with E-state index in [2.05, 4.69) is 24.1 Å². The van der Waals surface area contributed by atoms with Gasteiger partial charge in [-0.15, -0.1) is 0 Å². The number of methoxy groups -OCH3 is 1. The zero-order valence-electron chi connectivity index (χ0n) is 17.3. The highest BCUT2D eigenvalue weighted by Crippen LogP contribution is 2.40. The van der Waals surface area contributed by atoms with Crippen molar-refractivity contribution in [2.75, 3.05) is 51.9 Å². The second kappa shape index (κ2) is 9.23. The first-order valence-corrected chi connectivity index (χ1v) is 9.35. The van der Waals surface area contributed by atoms with Crippen molar-refractivity contribution >= 4 is 17.7 Å². The van der Waals surface area contributed by atoms with Crippen LogP contribution >= 0.6 is 0 Å². The van der Waals surface area contributed by atoms with Gasteiger partial charge in [-0.3, -0.25) is 4.79 Å². The Morgan fingerprint density at radius 1 is 1.39 bits per heavy atom. The number of halogens is 1. The number of amides is 2. The van der Waals surface area contributed by atoms with Crippen LogP contribution in [-0.4, -0.2) is 69.9 Å². The molecule has 0 fully saturated rings. The largest absolute Gasteiger partial charge is 0.439 e. The van der Waals surface area contributed by atoms with E-state index in [4.69, 9.17) is 9.47 Å². The lowest BCUT2D eigenvalue weighted by Gasteiger charge is -2.26. The van der Waals surface area contributed by atoms with Crippen LogP contribution in [0.15, 0.2) is 18.2 Å². The highest BCUT2D eigenvalue weighted by atomic mass is 19.1. The number of alkyl carbamates (subject to hydrolysis) is 1. The van der Waals surface area contributed by atoms with E-state index in [0.717, 1.165) is 17.8 Å². The molecule has 0 radical (unpaired) electrons. The minimum absolute atomic E-state index is 0.170. The van der Waals surface area contributed by atoms with E-state index >= 15 is 0 Å². The first-order chi connectivity index (χ1) is 13.1. The van der Waals surface area contributed by atoms with Gasteiger partial charge in [0.05, 0.1) is 6.61 Å². The maximum atomic E-state index is 13.6. The number of ether oxygens (including phenoxy) is 2. The quantitative estimate of drug-likeness (QED) is 0.730. The number of carbonyl (C=O) groups excluding carboxylic acids is 2. The number of nitrogens with zero attached hydrogens (tertiary/aromatic N) is 2. The molecule has 156 valence electrons. The molecule has 7 nitrogen and oxygen atoms in total. The SMILES string of the molecule is COCCN(C)C(=O)COC(=O)NC(C)CN1CC(C)(C)c2cc(F)ccc21. The molecule has 1 aliphatic heterocycles. The van der Waals surface area contributed by atoms with Gasteiger partial charge in [-0.05, 0) is 30.7 Å². The summed E-state index contributed by atoms with van der Waals surface area (Å²) >= 11 is 0. The smallest absolute Gasteiger partial charge is 0.407 e. The molecule has 1 aromatic rings. The molecule has 0 saturated heterocycles. The Bertz CT molecular complexity index is 711. The van der Waals surface area contributed by atoms with Gasteiger partial charge in [-0.2, -0.15) is 0 Å². The number of benzene rings is 1. The fraction of sp³-hybridized carbons (Fsp3) is 0.600. The topological polar surface area (TPSA) is 71.1 Å². The third-order valence-electron chi connectivity index (χ3n) is 4.86. The summed E-state index contributed by atoms with van der Waals surface area (Å²) in [4.78, 5) is 27.4. The van der Waals surface area contributed by atoms with Gasteiger partial charge in [0.1, 0.15) is 5.82 Å². The van der Waals surface area contributed by atoms with Crippen molar-refractivity contribution < 1.29 is 23.5 Å². The molecule has 2 rings (SSSR count). The van der Waals surface area contributed by atoms with Crippen LogP contribution in [0.3, 0.4) is 0 Å². The van der Waals surface area contributed by atoms with Crippen molar-refractivity contribution in [3.8, 4) is 0 Å². The van der Waals surface area contributed by atoms with Crippen LogP contribution < -0.4 is 10.2 Å². The molecule has 8 heteroatoms. The van der Waals surface area contributed by atoms with Crippen molar-refractivity contribution in [1.82, 2.24) is 10.2 Å². The van der Waals surface area contributed by atoms with Gasteiger partial charge in [-0.25, -0.2) is 9.18 Å². The average Bonchev–Trinajstić information content (AvgIpc) is 2.87. The van der Waals surface area contributed by atoms with Crippen molar-refractivity contribution in [3.63, 3.8) is 0 Å². The average molecular weight is 395 g/mol. The van der Waals surface area contributed by atoms with Gasteiger partial charge in [0.2, 0.25) is 0 Å². The molecular formula is C20H30FN3O4. The fourth-order valence-electron chi connectivity index (χ4n) is 3.35. The number of hydrogen-bond donors (Lipinski definition) is 1. The zero-order valence-corrected chi connectivity index (χ0v) is 17.3. The Kier molecular flexibility index (Phi) is 7.23. The highest BCUT2D eigenvalue weighted by Gasteiger charge is 2.35. The molecule has 1 aliphatic rings. The second-order valence-corrected chi connectivity index (χ2v) is 7.86. The Labute approximate surface area is 165 Å². The van der Waals surface area contributed by atoms with Crippen LogP contribution in [0.1, 0.15) is 26.3 Å². The van der Waals surface area contributed by atoms with Crippen LogP contribution in [-0.2, 0) is 19.7 Å². The molecule has 1 aromatic carbocycles. The van der Waals surface area contributed by atoms with Crippen molar-refractivity contribution in [3.05, 3.63) is 29.6 Å². The molecule has 0 spiro atoms. The van der Waals surface area contributed by atoms with E-state index in [9.17, 15) is 14.0 Å². The molecule has 0 aliphatic carbocycles. The molecule has 1 atom stereocenters. The van der Waals surface area contributed by atoms with E-state index in [1.54, 1.807) is 26.3 Å². The third kappa shape index (κ3) is 5.58. The molecule has 1 N–H and O–H groups in total. The molecule has 1 heterocycles. The molecule has 1 unspecified atom stereocenters. The summed E-state index contributed by atoms with van der Waals surface area (Å²) in [7, 11) is 3.18. The molecule has 28 heavy (non-hydrogen) atoms. The van der Waals surface area contributed by atoms with Gasteiger partial charge in [-0.1, -0.05) is 13.8 Å². The summed E-state index contributed by atoms with van der Waals surface area (Å²) in [6.07, 6.45) is -0.640. The van der Waals surface area contributed by atoms with E-state index in [1.807, 2.05) is 6.92 Å². The van der Waals surface area contributed by atoms with Crippen LogP contribution in [0, 0.1) is 5.82 Å². The normalized spacial score (nSPS) is 15.7. The summed E-state index contributed by atoms with van der Waals surface area (Å²) in [5, 5.41) is 2.74. The summed E-state index contributed by atoms with van der Waals surface area (Å²) in [5.41, 5.74) is 1.77. The lowest BCUT2D eigenvalue weighted by molar-refractivity contribution is -0.133. The van der Waals surface area contributed by atoms with Crippen LogP contribution in [0.4, 0.5) is 14.9 Å². The lowest BCUT2D eigenvalue weighted by atomic mass is 9.87. The molecule has 0 bridgehead atoms. The van der Waals surface area contributed by atoms with Crippen LogP contribution in [0.5, 0.6) is 0 Å². The predicted molar refractivity (Wildman–Crippen MR) is 105 cm³/mol. The Morgan fingerprint density at radius 3 is 2.79 bits per heavy atom. The molecule has 0 aromatic heterocycles. The highest BCUT2D eigenvalue weighted by molar-refractivity contribution is 5.80. The van der Waals surface area contributed by atoms with Crippen LogP contribution in [0.25, 0.3) is 0 Å². The third-order valence-corrected chi connectivity index (χ3v) is 4.86. The number of likely N-dealkylation sites (N-methyl/N-ethyl adjacent to an activating group) is 1. The maximum absolute atomic E-state index is 13.6. The lowest BCUT2D eigenvalue weighted by Crippen LogP contribution is -2.44. The van der Waals surface area contributed by atoms with E-state index in [1.165, 1.54) is 11.0 Å². The number of hydrogen-bond acceptors (Lipinski definition) is 5. The monoisotopic (exact) mass is 395 g/mol. The second-order valence-electron chi connectivity index (χ2n) is 7.86. The Morgan fingerprint density at radius 2 is 2.11 bits per heavy atom. The number of rotatable bonds is 8. The van der Waals surface area contributed by atoms with E-state index in [0.29, 0.717) is 19.7 Å². The summed E-state index contributed by atoms with van der Waals surface area (Å²) in [6, 6.07) is 4.60. The van der Waals surface area contributed by atoms with Crippen molar-refractivity contribution in [2.24, 2.45) is 0 Å². The summed E-state index contributed by atoms with van der Waals surface area (Å²) in [5.74, 6) is -0.541. The maximum Gasteiger partial charge on any atom is 0.407 e. The molecule has 0 saturated carbocycles. The molecule has 2 amide bonds. The van der Waals surface area contributed by atoms with E-state index in [-0.39, 0.29) is 29.8 Å². The van der Waals surface area contributed by atoms with E-state index < -0.39 is 6.09 Å². The van der Waals surface area contributed by atoms with Crippen LogP contribution in [0.2, 0.25) is 0 Å². The summed E-state index contributed by atoms with van der Waals surface area (Å²) < 4.78 is 23.5. The van der Waals surface area contributed by atoms with Gasteiger partial charge < -0.3 is 24.6 Å². The van der Waals surface area contributed by atoms with Crippen molar-refractivity contribution in [1.29, 1.82) is 0 Å². The van der Waals surface area contributed by atoms with Gasteiger partial charge in [0, 0.05) is 50.9 Å². The minimum atomic E-state index is -0.640. The standard InChI is InChI=1S/C20H30FN3O4/c1-14(22-19(26)28-12-18(25)23(4)8-9-27-5)11-24-13-20(2,3)16-10-15(21)6-7-17(16)24/h6-7,10,14H,8-9,11-13H2,1-5H3,(H,22,26). The Hall–Kier alpha value is -2.35. The number of carbonyl (C=O) groups is 2. The minimum Gasteiger partial charge on any atom is -0.439 e. The fourth-order valence-corrected chi connectivity index (χ4v) is 3.35. The molecular weight excluding hydrogens is 365 g/mol. The van der Waals surface area contributed by atoms with Crippen molar-refractivity contribution in [2.45, 2.75) is 32.2 Å². The number of fused-ring (bicyclic) bond motifs is 1. The first-order valence-electron chi connectivity index (χ1n) is 9.35. The number of nitrogens with one attached hydrogen (secondary N) is 1. The predicted octanol–water partition coefficient (Wildman–Crippen LogP) is 2.14. The van der Waals surface area contributed by atoms with Gasteiger partial charge >= 0.3 is 6.09 Å². The number of anilines is 1. The zero-order chi connectivity index (χ0) is 20.9. The summed E-state index contributed by atoms with van der Waals surface area (Å²) in [6.45, 7) is 7.82. The Balaban J connectivity index is 1.84. The van der Waals surface area contributed by atoms with Gasteiger partial charge in [0.15, 0.2) is 6.61 Å². The van der Waals surface area contributed by atoms with Gasteiger partial charge in [0.25, 0.3) is 5.91 Å². The first kappa shape index (κ1) is 21.9.